The van der Waals surface area contributed by atoms with Gasteiger partial charge in [-0.1, -0.05) is 11.3 Å². The van der Waals surface area contributed by atoms with Crippen LogP contribution in [0, 0.1) is 13.0 Å². The lowest BCUT2D eigenvalue weighted by Gasteiger charge is -1.95. The van der Waals surface area contributed by atoms with Gasteiger partial charge in [0.25, 0.3) is 0 Å². The van der Waals surface area contributed by atoms with Gasteiger partial charge in [0, 0.05) is 6.54 Å². The highest BCUT2D eigenvalue weighted by molar-refractivity contribution is 5.77. The van der Waals surface area contributed by atoms with E-state index >= 15 is 0 Å². The highest BCUT2D eigenvalue weighted by atomic mass is 15.4. The number of aryl methyl sites for hydroxylation is 2. The molecule has 2 aromatic rings. The SMILES string of the molecule is CCn1nnc2c(C)[c]ccc21. The molecule has 1 aromatic heterocycles. The van der Waals surface area contributed by atoms with Crippen molar-refractivity contribution in [1.82, 2.24) is 15.0 Å². The van der Waals surface area contributed by atoms with E-state index in [9.17, 15) is 0 Å². The molecule has 0 spiro atoms. The second-order valence-corrected chi connectivity index (χ2v) is 2.74. The largest absolute Gasteiger partial charge is 0.245 e. The van der Waals surface area contributed by atoms with Crippen molar-refractivity contribution in [3.63, 3.8) is 0 Å². The smallest absolute Gasteiger partial charge is 0.116 e. The summed E-state index contributed by atoms with van der Waals surface area (Å²) in [6.45, 7) is 4.91. The van der Waals surface area contributed by atoms with E-state index in [2.05, 4.69) is 23.3 Å². The lowest BCUT2D eigenvalue weighted by molar-refractivity contribution is 0.646. The summed E-state index contributed by atoms with van der Waals surface area (Å²) >= 11 is 0. The molecule has 2 rings (SSSR count). The normalized spacial score (nSPS) is 10.8. The van der Waals surface area contributed by atoms with Gasteiger partial charge >= 0.3 is 0 Å². The van der Waals surface area contributed by atoms with Crippen LogP contribution in [-0.4, -0.2) is 15.0 Å². The van der Waals surface area contributed by atoms with Crippen LogP contribution < -0.4 is 0 Å². The number of rotatable bonds is 1. The van der Waals surface area contributed by atoms with Gasteiger partial charge in [-0.15, -0.1) is 5.10 Å². The number of aromatic nitrogens is 3. The summed E-state index contributed by atoms with van der Waals surface area (Å²) in [7, 11) is 0. The van der Waals surface area contributed by atoms with Gasteiger partial charge in [-0.05, 0) is 31.5 Å². The lowest BCUT2D eigenvalue weighted by Crippen LogP contribution is -1.95. The van der Waals surface area contributed by atoms with Crippen molar-refractivity contribution in [3.8, 4) is 0 Å². The van der Waals surface area contributed by atoms with Crippen LogP contribution in [0.15, 0.2) is 12.1 Å². The molecule has 0 aliphatic heterocycles. The van der Waals surface area contributed by atoms with Crippen molar-refractivity contribution in [1.29, 1.82) is 0 Å². The van der Waals surface area contributed by atoms with Crippen molar-refractivity contribution in [2.45, 2.75) is 20.4 Å². The third-order valence-corrected chi connectivity index (χ3v) is 1.97. The van der Waals surface area contributed by atoms with Crippen LogP contribution in [0.4, 0.5) is 0 Å². The summed E-state index contributed by atoms with van der Waals surface area (Å²) < 4.78 is 1.89. The molecular formula is C9H10N3. The van der Waals surface area contributed by atoms with E-state index in [4.69, 9.17) is 0 Å². The summed E-state index contributed by atoms with van der Waals surface area (Å²) in [4.78, 5) is 0. The van der Waals surface area contributed by atoms with E-state index in [0.29, 0.717) is 0 Å². The standard InChI is InChI=1S/C9H10N3/c1-3-12-8-6-4-5-7(2)9(8)10-11-12/h4,6H,3H2,1-2H3. The molecule has 0 saturated carbocycles. The Morgan fingerprint density at radius 1 is 1.58 bits per heavy atom. The van der Waals surface area contributed by atoms with Crippen LogP contribution in [0.3, 0.4) is 0 Å². The van der Waals surface area contributed by atoms with Crippen LogP contribution in [0.1, 0.15) is 12.5 Å². The summed E-state index contributed by atoms with van der Waals surface area (Å²) in [5.41, 5.74) is 3.11. The maximum absolute atomic E-state index is 4.07. The van der Waals surface area contributed by atoms with Gasteiger partial charge in [0.1, 0.15) is 5.52 Å². The van der Waals surface area contributed by atoms with Crippen molar-refractivity contribution >= 4 is 11.0 Å². The number of benzene rings is 1. The monoisotopic (exact) mass is 160 g/mol. The predicted molar refractivity (Wildman–Crippen MR) is 46.8 cm³/mol. The Kier molecular flexibility index (Phi) is 1.57. The van der Waals surface area contributed by atoms with Gasteiger partial charge in [0.15, 0.2) is 0 Å². The zero-order valence-corrected chi connectivity index (χ0v) is 7.20. The maximum atomic E-state index is 4.07. The van der Waals surface area contributed by atoms with Gasteiger partial charge < -0.3 is 0 Å². The average molecular weight is 160 g/mol. The molecule has 1 radical (unpaired) electrons. The van der Waals surface area contributed by atoms with Crippen LogP contribution in [0.25, 0.3) is 11.0 Å². The second-order valence-electron chi connectivity index (χ2n) is 2.74. The molecule has 1 heterocycles. The molecule has 0 aliphatic rings. The van der Waals surface area contributed by atoms with Crippen molar-refractivity contribution in [2.24, 2.45) is 0 Å². The molecule has 3 heteroatoms. The third-order valence-electron chi connectivity index (χ3n) is 1.97. The number of hydrogen-bond donors (Lipinski definition) is 0. The highest BCUT2D eigenvalue weighted by Gasteiger charge is 2.03. The Labute approximate surface area is 71.0 Å². The van der Waals surface area contributed by atoms with Crippen LogP contribution in [0.5, 0.6) is 0 Å². The molecule has 0 saturated heterocycles. The van der Waals surface area contributed by atoms with Gasteiger partial charge in [-0.3, -0.25) is 0 Å². The fourth-order valence-corrected chi connectivity index (χ4v) is 1.30. The summed E-state index contributed by atoms with van der Waals surface area (Å²) in [6, 6.07) is 7.00. The predicted octanol–water partition coefficient (Wildman–Crippen LogP) is 1.56. The average Bonchev–Trinajstić information content (AvgIpc) is 2.49. The van der Waals surface area contributed by atoms with E-state index < -0.39 is 0 Å². The molecule has 0 unspecified atom stereocenters. The van der Waals surface area contributed by atoms with Crippen molar-refractivity contribution < 1.29 is 0 Å². The maximum Gasteiger partial charge on any atom is 0.116 e. The Morgan fingerprint density at radius 3 is 3.17 bits per heavy atom. The molecule has 0 bridgehead atoms. The van der Waals surface area contributed by atoms with Crippen molar-refractivity contribution in [3.05, 3.63) is 23.8 Å². The van der Waals surface area contributed by atoms with Gasteiger partial charge in [-0.25, -0.2) is 4.68 Å². The molecule has 0 fully saturated rings. The minimum Gasteiger partial charge on any atom is -0.245 e. The van der Waals surface area contributed by atoms with E-state index in [1.165, 1.54) is 0 Å². The molecule has 0 amide bonds. The fraction of sp³-hybridized carbons (Fsp3) is 0.333. The molecule has 3 nitrogen and oxygen atoms in total. The Bertz CT molecular complexity index is 403. The third kappa shape index (κ3) is 0.897. The minimum absolute atomic E-state index is 0.861. The number of nitrogens with zero attached hydrogens (tertiary/aromatic N) is 3. The molecule has 0 N–H and O–H groups in total. The van der Waals surface area contributed by atoms with Gasteiger partial charge in [0.2, 0.25) is 0 Å². The Balaban J connectivity index is 2.80. The van der Waals surface area contributed by atoms with E-state index in [1.54, 1.807) is 0 Å². The van der Waals surface area contributed by atoms with E-state index in [-0.39, 0.29) is 0 Å². The quantitative estimate of drug-likeness (QED) is 0.633. The lowest BCUT2D eigenvalue weighted by atomic mass is 10.2. The Morgan fingerprint density at radius 2 is 2.42 bits per heavy atom. The summed E-state index contributed by atoms with van der Waals surface area (Å²) in [5.74, 6) is 0. The Hall–Kier alpha value is -1.38. The van der Waals surface area contributed by atoms with E-state index in [1.807, 2.05) is 23.7 Å². The fourth-order valence-electron chi connectivity index (χ4n) is 1.30. The van der Waals surface area contributed by atoms with Crippen LogP contribution >= 0.6 is 0 Å². The first-order valence-corrected chi connectivity index (χ1v) is 4.03. The first-order chi connectivity index (χ1) is 5.83. The number of hydrogen-bond acceptors (Lipinski definition) is 2. The minimum atomic E-state index is 0.861. The highest BCUT2D eigenvalue weighted by Crippen LogP contribution is 2.13. The van der Waals surface area contributed by atoms with Gasteiger partial charge in [0.05, 0.1) is 5.52 Å². The zero-order chi connectivity index (χ0) is 8.55. The van der Waals surface area contributed by atoms with E-state index in [0.717, 1.165) is 23.1 Å². The molecule has 0 atom stereocenters. The second kappa shape index (κ2) is 2.59. The molecular weight excluding hydrogens is 150 g/mol. The summed E-state index contributed by atoms with van der Waals surface area (Å²) in [6.07, 6.45) is 0. The first kappa shape index (κ1) is 7.28. The molecule has 1 aromatic carbocycles. The van der Waals surface area contributed by atoms with Crippen molar-refractivity contribution in [2.75, 3.05) is 0 Å². The molecule has 12 heavy (non-hydrogen) atoms. The molecule has 0 aliphatic carbocycles. The van der Waals surface area contributed by atoms with Crippen LogP contribution in [-0.2, 0) is 6.54 Å². The van der Waals surface area contributed by atoms with Crippen LogP contribution in [0.2, 0.25) is 0 Å². The first-order valence-electron chi connectivity index (χ1n) is 4.03. The number of fused-ring (bicyclic) bond motifs is 1. The topological polar surface area (TPSA) is 30.7 Å². The summed E-state index contributed by atoms with van der Waals surface area (Å²) in [5, 5.41) is 8.09. The van der Waals surface area contributed by atoms with Gasteiger partial charge in [-0.2, -0.15) is 0 Å². The molecule has 61 valence electrons. The zero-order valence-electron chi connectivity index (χ0n) is 7.20.